The van der Waals surface area contributed by atoms with E-state index in [9.17, 15) is 26.3 Å². The second kappa shape index (κ2) is 6.13. The van der Waals surface area contributed by atoms with Gasteiger partial charge in [0.15, 0.2) is 0 Å². The van der Waals surface area contributed by atoms with Gasteiger partial charge in [0, 0.05) is 12.8 Å². The van der Waals surface area contributed by atoms with Gasteiger partial charge >= 0.3 is 12.4 Å². The molecule has 0 saturated heterocycles. The summed E-state index contributed by atoms with van der Waals surface area (Å²) < 4.78 is 76.3. The molecule has 0 bridgehead atoms. The number of rotatable bonds is 3. The summed E-state index contributed by atoms with van der Waals surface area (Å²) in [5.41, 5.74) is -2.48. The Labute approximate surface area is 123 Å². The monoisotopic (exact) mass is 327 g/mol. The lowest BCUT2D eigenvalue weighted by Crippen LogP contribution is -2.20. The van der Waals surface area contributed by atoms with Crippen LogP contribution in [0.3, 0.4) is 0 Å². The second-order valence-electron chi connectivity index (χ2n) is 5.01. The molecule has 0 aliphatic heterocycles. The fraction of sp³-hybridized carbons (Fsp3) is 0.538. The van der Waals surface area contributed by atoms with Crippen molar-refractivity contribution in [2.24, 2.45) is 11.0 Å². The van der Waals surface area contributed by atoms with Crippen LogP contribution in [-0.2, 0) is 12.4 Å². The summed E-state index contributed by atoms with van der Waals surface area (Å²) in [4.78, 5) is 3.22. The van der Waals surface area contributed by atoms with Crippen molar-refractivity contribution in [2.75, 3.05) is 12.1 Å². The van der Waals surface area contributed by atoms with Crippen LogP contribution in [0.15, 0.2) is 17.2 Å². The zero-order valence-corrected chi connectivity index (χ0v) is 12.3. The molecule has 0 aromatic carbocycles. The van der Waals surface area contributed by atoms with Gasteiger partial charge in [0.1, 0.15) is 11.5 Å². The van der Waals surface area contributed by atoms with Crippen molar-refractivity contribution in [2.45, 2.75) is 33.1 Å². The highest BCUT2D eigenvalue weighted by Gasteiger charge is 2.38. The van der Waals surface area contributed by atoms with E-state index in [1.54, 1.807) is 20.8 Å². The van der Waals surface area contributed by atoms with Crippen LogP contribution >= 0.6 is 0 Å². The minimum atomic E-state index is -4.98. The lowest BCUT2D eigenvalue weighted by atomic mass is 10.1. The van der Waals surface area contributed by atoms with Gasteiger partial charge in [-0.15, -0.1) is 0 Å². The number of pyridine rings is 1. The highest BCUT2D eigenvalue weighted by Crippen LogP contribution is 2.36. The molecular formula is C13H15F6N3. The largest absolute Gasteiger partial charge is 0.433 e. The van der Waals surface area contributed by atoms with Crippen LogP contribution in [0.2, 0.25) is 0 Å². The SMILES string of the molecule is CC(=NN(C)c1cc(C(F)(F)F)cc(C(F)(F)F)n1)C(C)C. The summed E-state index contributed by atoms with van der Waals surface area (Å²) in [6.07, 6.45) is -9.89. The molecule has 0 atom stereocenters. The normalized spacial score (nSPS) is 13.7. The van der Waals surface area contributed by atoms with Gasteiger partial charge in [-0.3, -0.25) is 5.01 Å². The van der Waals surface area contributed by atoms with E-state index in [0.717, 1.165) is 5.01 Å². The van der Waals surface area contributed by atoms with Crippen LogP contribution in [0, 0.1) is 5.92 Å². The van der Waals surface area contributed by atoms with Crippen molar-refractivity contribution < 1.29 is 26.3 Å². The first kappa shape index (κ1) is 18.2. The maximum atomic E-state index is 12.7. The van der Waals surface area contributed by atoms with Gasteiger partial charge < -0.3 is 0 Å². The van der Waals surface area contributed by atoms with Crippen LogP contribution in [0.1, 0.15) is 32.0 Å². The third-order valence-corrected chi connectivity index (χ3v) is 2.90. The molecule has 0 aliphatic carbocycles. The van der Waals surface area contributed by atoms with Crippen molar-refractivity contribution in [3.63, 3.8) is 0 Å². The Bertz CT molecular complexity index is 528. The Morgan fingerprint density at radius 3 is 2.05 bits per heavy atom. The fourth-order valence-corrected chi connectivity index (χ4v) is 1.39. The maximum Gasteiger partial charge on any atom is 0.433 e. The number of hydrogen-bond acceptors (Lipinski definition) is 3. The Balaban J connectivity index is 3.39. The molecule has 1 aromatic rings. The Morgan fingerprint density at radius 2 is 1.64 bits per heavy atom. The molecule has 1 heterocycles. The van der Waals surface area contributed by atoms with E-state index in [2.05, 4.69) is 10.1 Å². The quantitative estimate of drug-likeness (QED) is 0.461. The standard InChI is InChI=1S/C13H15F6N3/c1-7(2)8(3)21-22(4)11-6-9(12(14,15)16)5-10(20-11)13(17,18)19/h5-7H,1-4H3. The van der Waals surface area contributed by atoms with Gasteiger partial charge in [0.2, 0.25) is 0 Å². The van der Waals surface area contributed by atoms with Crippen molar-refractivity contribution in [1.29, 1.82) is 0 Å². The first-order valence-electron chi connectivity index (χ1n) is 6.27. The lowest BCUT2D eigenvalue weighted by Gasteiger charge is -2.18. The summed E-state index contributed by atoms with van der Waals surface area (Å²) in [5.74, 6) is -0.530. The first-order chi connectivity index (χ1) is 9.82. The van der Waals surface area contributed by atoms with E-state index >= 15 is 0 Å². The van der Waals surface area contributed by atoms with E-state index in [0.29, 0.717) is 11.8 Å². The number of aromatic nitrogens is 1. The summed E-state index contributed by atoms with van der Waals surface area (Å²) in [6, 6.07) is 0.517. The Hall–Kier alpha value is -1.80. The van der Waals surface area contributed by atoms with Crippen LogP contribution in [0.5, 0.6) is 0 Å². The summed E-state index contributed by atoms with van der Waals surface area (Å²) in [5, 5.41) is 4.85. The highest BCUT2D eigenvalue weighted by atomic mass is 19.4. The van der Waals surface area contributed by atoms with E-state index in [4.69, 9.17) is 0 Å². The van der Waals surface area contributed by atoms with Gasteiger partial charge in [-0.25, -0.2) is 4.98 Å². The number of alkyl halides is 6. The lowest BCUT2D eigenvalue weighted by molar-refractivity contribution is -0.145. The highest BCUT2D eigenvalue weighted by molar-refractivity contribution is 5.84. The minimum absolute atomic E-state index is 0.00432. The summed E-state index contributed by atoms with van der Waals surface area (Å²) in [7, 11) is 1.24. The topological polar surface area (TPSA) is 28.5 Å². The van der Waals surface area contributed by atoms with E-state index in [1.807, 2.05) is 0 Å². The van der Waals surface area contributed by atoms with E-state index in [1.165, 1.54) is 7.05 Å². The second-order valence-corrected chi connectivity index (χ2v) is 5.01. The van der Waals surface area contributed by atoms with Crippen LogP contribution < -0.4 is 5.01 Å². The van der Waals surface area contributed by atoms with Crippen molar-refractivity contribution in [3.8, 4) is 0 Å². The molecule has 0 saturated carbocycles. The predicted octanol–water partition coefficient (Wildman–Crippen LogP) is 4.59. The third-order valence-electron chi connectivity index (χ3n) is 2.90. The molecule has 22 heavy (non-hydrogen) atoms. The molecule has 0 amide bonds. The smallest absolute Gasteiger partial charge is 0.251 e. The number of anilines is 1. The first-order valence-corrected chi connectivity index (χ1v) is 6.27. The molecule has 124 valence electrons. The van der Waals surface area contributed by atoms with Crippen molar-refractivity contribution in [1.82, 2.24) is 4.98 Å². The molecule has 0 fully saturated rings. The van der Waals surface area contributed by atoms with E-state index in [-0.39, 0.29) is 12.0 Å². The molecule has 9 heteroatoms. The molecule has 0 N–H and O–H groups in total. The van der Waals surface area contributed by atoms with Gasteiger partial charge in [-0.1, -0.05) is 13.8 Å². The molecule has 3 nitrogen and oxygen atoms in total. The maximum absolute atomic E-state index is 12.7. The number of nitrogens with zero attached hydrogens (tertiary/aromatic N) is 3. The molecular weight excluding hydrogens is 312 g/mol. The van der Waals surface area contributed by atoms with Gasteiger partial charge in [-0.2, -0.15) is 31.4 Å². The molecule has 0 unspecified atom stereocenters. The van der Waals surface area contributed by atoms with Crippen LogP contribution in [0.25, 0.3) is 0 Å². The van der Waals surface area contributed by atoms with Crippen molar-refractivity contribution in [3.05, 3.63) is 23.4 Å². The average Bonchev–Trinajstić information content (AvgIpc) is 2.35. The molecule has 1 aromatic heterocycles. The average molecular weight is 327 g/mol. The minimum Gasteiger partial charge on any atom is -0.251 e. The number of hydrazone groups is 1. The van der Waals surface area contributed by atoms with Crippen molar-refractivity contribution >= 4 is 11.5 Å². The summed E-state index contributed by atoms with van der Waals surface area (Å²) in [6.45, 7) is 5.22. The molecule has 1 rings (SSSR count). The fourth-order valence-electron chi connectivity index (χ4n) is 1.39. The van der Waals surface area contributed by atoms with Crippen LogP contribution in [-0.4, -0.2) is 17.7 Å². The number of hydrogen-bond donors (Lipinski definition) is 0. The van der Waals surface area contributed by atoms with Crippen LogP contribution in [0.4, 0.5) is 32.2 Å². The van der Waals surface area contributed by atoms with Gasteiger partial charge in [-0.05, 0) is 25.0 Å². The summed E-state index contributed by atoms with van der Waals surface area (Å²) >= 11 is 0. The van der Waals surface area contributed by atoms with E-state index < -0.39 is 29.4 Å². The zero-order valence-electron chi connectivity index (χ0n) is 12.3. The van der Waals surface area contributed by atoms with Gasteiger partial charge in [0.05, 0.1) is 5.56 Å². The predicted molar refractivity (Wildman–Crippen MR) is 70.6 cm³/mol. The molecule has 0 spiro atoms. The van der Waals surface area contributed by atoms with Gasteiger partial charge in [0.25, 0.3) is 0 Å². The molecule has 0 radical (unpaired) electrons. The number of halogens is 6. The Morgan fingerprint density at radius 1 is 1.09 bits per heavy atom. The zero-order chi connectivity index (χ0) is 17.3. The third kappa shape index (κ3) is 4.60. The molecule has 0 aliphatic rings. The Kier molecular flexibility index (Phi) is 5.09.